The molecule has 2 aromatic carbocycles. The van der Waals surface area contributed by atoms with Crippen LogP contribution in [-0.4, -0.2) is 18.0 Å². The molecule has 4 nitrogen and oxygen atoms in total. The van der Waals surface area contributed by atoms with Crippen LogP contribution in [0, 0.1) is 12.7 Å². The smallest absolute Gasteiger partial charge is 0.221 e. The van der Waals surface area contributed by atoms with Crippen molar-refractivity contribution in [3.8, 4) is 17.0 Å². The minimum atomic E-state index is -0.374. The van der Waals surface area contributed by atoms with Gasteiger partial charge >= 0.3 is 0 Å². The summed E-state index contributed by atoms with van der Waals surface area (Å²) in [6.07, 6.45) is 0.193. The number of hydrogen-bond donors (Lipinski definition) is 1. The van der Waals surface area contributed by atoms with E-state index in [1.807, 2.05) is 31.2 Å². The molecule has 1 heterocycles. The van der Waals surface area contributed by atoms with E-state index in [1.165, 1.54) is 19.2 Å². The maximum absolute atomic E-state index is 13.7. The number of fused-ring (bicyclic) bond motifs is 1. The summed E-state index contributed by atoms with van der Waals surface area (Å²) in [5.41, 5.74) is 9.18. The summed E-state index contributed by atoms with van der Waals surface area (Å²) in [4.78, 5) is 15.7. The van der Waals surface area contributed by atoms with Crippen molar-refractivity contribution in [2.45, 2.75) is 13.3 Å². The number of rotatable bonds is 4. The van der Waals surface area contributed by atoms with Crippen molar-refractivity contribution in [2.75, 3.05) is 7.11 Å². The molecule has 0 fully saturated rings. The van der Waals surface area contributed by atoms with E-state index in [4.69, 9.17) is 10.5 Å². The number of nitrogens with two attached hydrogens (primary N) is 1. The monoisotopic (exact) mass is 324 g/mol. The molecule has 0 spiro atoms. The third-order valence-electron chi connectivity index (χ3n) is 3.86. The van der Waals surface area contributed by atoms with Crippen molar-refractivity contribution in [3.63, 3.8) is 0 Å². The van der Waals surface area contributed by atoms with Crippen LogP contribution in [-0.2, 0) is 11.2 Å². The van der Waals surface area contributed by atoms with E-state index in [2.05, 4.69) is 4.98 Å². The van der Waals surface area contributed by atoms with Crippen LogP contribution in [0.3, 0.4) is 0 Å². The molecule has 0 aliphatic rings. The van der Waals surface area contributed by atoms with Crippen LogP contribution < -0.4 is 10.5 Å². The highest BCUT2D eigenvalue weighted by atomic mass is 19.1. The summed E-state index contributed by atoms with van der Waals surface area (Å²) in [5.74, 6) is -0.300. The molecule has 0 saturated carbocycles. The maximum Gasteiger partial charge on any atom is 0.221 e. The fourth-order valence-electron chi connectivity index (χ4n) is 2.73. The number of hydrogen-bond acceptors (Lipinski definition) is 3. The Morgan fingerprint density at radius 2 is 2.00 bits per heavy atom. The highest BCUT2D eigenvalue weighted by Crippen LogP contribution is 2.28. The third kappa shape index (κ3) is 3.20. The van der Waals surface area contributed by atoms with Gasteiger partial charge in [0.15, 0.2) is 0 Å². The van der Waals surface area contributed by atoms with E-state index in [0.717, 1.165) is 22.0 Å². The first-order chi connectivity index (χ1) is 11.5. The first-order valence-electron chi connectivity index (χ1n) is 7.50. The van der Waals surface area contributed by atoms with Crippen molar-refractivity contribution in [2.24, 2.45) is 5.73 Å². The average Bonchev–Trinajstić information content (AvgIpc) is 2.54. The van der Waals surface area contributed by atoms with E-state index < -0.39 is 0 Å². The number of ether oxygens (including phenoxy) is 1. The number of halogens is 1. The number of carbonyl (C=O) groups is 1. The van der Waals surface area contributed by atoms with Crippen LogP contribution in [0.15, 0.2) is 42.5 Å². The van der Waals surface area contributed by atoms with Crippen LogP contribution in [0.4, 0.5) is 4.39 Å². The zero-order chi connectivity index (χ0) is 17.3. The van der Waals surface area contributed by atoms with Gasteiger partial charge < -0.3 is 10.5 Å². The van der Waals surface area contributed by atoms with Crippen LogP contribution in [0.5, 0.6) is 5.75 Å². The van der Waals surface area contributed by atoms with Crippen molar-refractivity contribution < 1.29 is 13.9 Å². The molecule has 0 bridgehead atoms. The molecule has 0 atom stereocenters. The van der Waals surface area contributed by atoms with Gasteiger partial charge in [-0.1, -0.05) is 6.07 Å². The lowest BCUT2D eigenvalue weighted by molar-refractivity contribution is -0.117. The van der Waals surface area contributed by atoms with Crippen LogP contribution >= 0.6 is 0 Å². The Kier molecular flexibility index (Phi) is 4.16. The molecular formula is C19H17FN2O2. The lowest BCUT2D eigenvalue weighted by Gasteiger charge is -2.10. The van der Waals surface area contributed by atoms with E-state index >= 15 is 0 Å². The van der Waals surface area contributed by atoms with Crippen LogP contribution in [0.2, 0.25) is 0 Å². The molecule has 0 aliphatic carbocycles. The second-order valence-electron chi connectivity index (χ2n) is 5.70. The normalized spacial score (nSPS) is 10.8. The lowest BCUT2D eigenvalue weighted by atomic mass is 10.0. The van der Waals surface area contributed by atoms with Crippen molar-refractivity contribution >= 4 is 16.8 Å². The molecule has 3 rings (SSSR count). The zero-order valence-electron chi connectivity index (χ0n) is 13.5. The minimum absolute atomic E-state index is 0.193. The topological polar surface area (TPSA) is 65.2 Å². The molecule has 5 heteroatoms. The van der Waals surface area contributed by atoms with E-state index in [0.29, 0.717) is 17.0 Å². The van der Waals surface area contributed by atoms with Gasteiger partial charge in [-0.05, 0) is 48.4 Å². The Balaban J connectivity index is 2.11. The second kappa shape index (κ2) is 6.28. The summed E-state index contributed by atoms with van der Waals surface area (Å²) in [7, 11) is 1.50. The molecule has 0 radical (unpaired) electrons. The quantitative estimate of drug-likeness (QED) is 0.800. The predicted molar refractivity (Wildman–Crippen MR) is 91.3 cm³/mol. The number of aryl methyl sites for hydroxylation is 1. The molecule has 2 N–H and O–H groups in total. The molecule has 24 heavy (non-hydrogen) atoms. The number of pyridine rings is 1. The number of primary amides is 1. The predicted octanol–water partition coefficient (Wildman–Crippen LogP) is 3.39. The van der Waals surface area contributed by atoms with Crippen molar-refractivity contribution in [1.29, 1.82) is 0 Å². The van der Waals surface area contributed by atoms with Crippen molar-refractivity contribution in [3.05, 3.63) is 59.4 Å². The van der Waals surface area contributed by atoms with E-state index in [1.54, 1.807) is 6.07 Å². The van der Waals surface area contributed by atoms with Gasteiger partial charge in [-0.25, -0.2) is 9.37 Å². The Bertz CT molecular complexity index is 938. The standard InChI is InChI=1S/C19H17FN2O2/c1-11-5-18(13-8-14(20)10-15(9-13)24-2)22-17-4-3-12(6-16(11)17)7-19(21)23/h3-6,8-10H,7H2,1-2H3,(H2,21,23). The fourth-order valence-corrected chi connectivity index (χ4v) is 2.73. The van der Waals surface area contributed by atoms with Crippen LogP contribution in [0.1, 0.15) is 11.1 Å². The maximum atomic E-state index is 13.7. The molecule has 1 aromatic heterocycles. The third-order valence-corrected chi connectivity index (χ3v) is 3.86. The summed E-state index contributed by atoms with van der Waals surface area (Å²) in [6.45, 7) is 1.96. The number of benzene rings is 2. The highest BCUT2D eigenvalue weighted by Gasteiger charge is 2.09. The van der Waals surface area contributed by atoms with Crippen molar-refractivity contribution in [1.82, 2.24) is 4.98 Å². The largest absolute Gasteiger partial charge is 0.497 e. The fraction of sp³-hybridized carbons (Fsp3) is 0.158. The average molecular weight is 324 g/mol. The molecule has 3 aromatic rings. The molecule has 1 amide bonds. The first kappa shape index (κ1) is 15.9. The van der Waals surface area contributed by atoms with Gasteiger partial charge in [-0.2, -0.15) is 0 Å². The van der Waals surface area contributed by atoms with Crippen LogP contribution in [0.25, 0.3) is 22.2 Å². The first-order valence-corrected chi connectivity index (χ1v) is 7.50. The van der Waals surface area contributed by atoms with E-state index in [-0.39, 0.29) is 18.1 Å². The number of amides is 1. The molecule has 0 unspecified atom stereocenters. The van der Waals surface area contributed by atoms with Gasteiger partial charge in [0.2, 0.25) is 5.91 Å². The molecule has 0 saturated heterocycles. The highest BCUT2D eigenvalue weighted by molar-refractivity contribution is 5.87. The number of carbonyl (C=O) groups excluding carboxylic acids is 1. The Hall–Kier alpha value is -2.95. The lowest BCUT2D eigenvalue weighted by Crippen LogP contribution is -2.13. The zero-order valence-corrected chi connectivity index (χ0v) is 13.5. The number of nitrogens with zero attached hydrogens (tertiary/aromatic N) is 1. The second-order valence-corrected chi connectivity index (χ2v) is 5.70. The molecule has 0 aliphatic heterocycles. The van der Waals surface area contributed by atoms with Gasteiger partial charge in [0.25, 0.3) is 0 Å². The Morgan fingerprint density at radius 3 is 2.71 bits per heavy atom. The van der Waals surface area contributed by atoms with E-state index in [9.17, 15) is 9.18 Å². The van der Waals surface area contributed by atoms with Gasteiger partial charge in [0, 0.05) is 17.0 Å². The summed E-state index contributed by atoms with van der Waals surface area (Å²) in [6, 6.07) is 12.0. The Labute approximate surface area is 139 Å². The molecule has 122 valence electrons. The number of aromatic nitrogens is 1. The minimum Gasteiger partial charge on any atom is -0.497 e. The van der Waals surface area contributed by atoms with Gasteiger partial charge in [-0.15, -0.1) is 0 Å². The summed E-state index contributed by atoms with van der Waals surface area (Å²) >= 11 is 0. The van der Waals surface area contributed by atoms with Gasteiger partial charge in [0.05, 0.1) is 24.7 Å². The van der Waals surface area contributed by atoms with Gasteiger partial charge in [-0.3, -0.25) is 4.79 Å². The SMILES string of the molecule is COc1cc(F)cc(-c2cc(C)c3cc(CC(N)=O)ccc3n2)c1. The molecular weight excluding hydrogens is 307 g/mol. The Morgan fingerprint density at radius 1 is 1.21 bits per heavy atom. The van der Waals surface area contributed by atoms with Gasteiger partial charge in [0.1, 0.15) is 11.6 Å². The summed E-state index contributed by atoms with van der Waals surface area (Å²) < 4.78 is 18.9. The number of methoxy groups -OCH3 is 1. The summed E-state index contributed by atoms with van der Waals surface area (Å²) in [5, 5.41) is 0.945.